The van der Waals surface area contributed by atoms with Gasteiger partial charge < -0.3 is 14.8 Å². The lowest BCUT2D eigenvalue weighted by Crippen LogP contribution is -2.37. The molecule has 2 aromatic carbocycles. The fourth-order valence-electron chi connectivity index (χ4n) is 2.46. The molecule has 0 bridgehead atoms. The standard InChI is InChI=1S/C20H25NO3/c1-5-16-8-6-7-9-19(16)24-15(3)20(22)21-14(2)17-10-12-18(23-4)13-11-17/h6-15H,5H2,1-4H3,(H,21,22). The van der Waals surface area contributed by atoms with E-state index in [0.717, 1.165) is 29.0 Å². The highest BCUT2D eigenvalue weighted by Crippen LogP contribution is 2.21. The van der Waals surface area contributed by atoms with Crippen LogP contribution in [0, 0.1) is 0 Å². The van der Waals surface area contributed by atoms with E-state index < -0.39 is 6.10 Å². The molecule has 0 aliphatic heterocycles. The lowest BCUT2D eigenvalue weighted by atomic mass is 10.1. The summed E-state index contributed by atoms with van der Waals surface area (Å²) in [6, 6.07) is 15.4. The van der Waals surface area contributed by atoms with Gasteiger partial charge in [-0.25, -0.2) is 0 Å². The molecule has 0 spiro atoms. The molecule has 24 heavy (non-hydrogen) atoms. The second-order valence-corrected chi connectivity index (χ2v) is 5.72. The summed E-state index contributed by atoms with van der Waals surface area (Å²) < 4.78 is 11.0. The third-order valence-corrected chi connectivity index (χ3v) is 4.00. The van der Waals surface area contributed by atoms with Crippen molar-refractivity contribution in [2.75, 3.05) is 7.11 Å². The molecule has 4 nitrogen and oxygen atoms in total. The topological polar surface area (TPSA) is 47.6 Å². The van der Waals surface area contributed by atoms with E-state index in [1.54, 1.807) is 14.0 Å². The highest BCUT2D eigenvalue weighted by molar-refractivity contribution is 5.81. The Morgan fingerprint density at radius 3 is 2.38 bits per heavy atom. The summed E-state index contributed by atoms with van der Waals surface area (Å²) in [6.45, 7) is 5.79. The van der Waals surface area contributed by atoms with Crippen LogP contribution in [-0.2, 0) is 11.2 Å². The molecule has 0 radical (unpaired) electrons. The molecule has 0 heterocycles. The average molecular weight is 327 g/mol. The zero-order valence-electron chi connectivity index (χ0n) is 14.7. The largest absolute Gasteiger partial charge is 0.497 e. The maximum absolute atomic E-state index is 12.4. The number of benzene rings is 2. The lowest BCUT2D eigenvalue weighted by Gasteiger charge is -2.20. The van der Waals surface area contributed by atoms with Crippen LogP contribution in [0.5, 0.6) is 11.5 Å². The number of carbonyl (C=O) groups excluding carboxylic acids is 1. The minimum absolute atomic E-state index is 0.101. The number of para-hydroxylation sites is 1. The monoisotopic (exact) mass is 327 g/mol. The Morgan fingerprint density at radius 1 is 1.08 bits per heavy atom. The average Bonchev–Trinajstić information content (AvgIpc) is 2.62. The molecule has 2 atom stereocenters. The molecular weight excluding hydrogens is 302 g/mol. The molecule has 1 N–H and O–H groups in total. The SMILES string of the molecule is CCc1ccccc1OC(C)C(=O)NC(C)c1ccc(OC)cc1. The number of carbonyl (C=O) groups is 1. The van der Waals surface area contributed by atoms with Crippen molar-refractivity contribution < 1.29 is 14.3 Å². The van der Waals surface area contributed by atoms with Crippen LogP contribution in [0.15, 0.2) is 48.5 Å². The molecule has 1 amide bonds. The maximum Gasteiger partial charge on any atom is 0.261 e. The van der Waals surface area contributed by atoms with E-state index in [1.807, 2.05) is 55.5 Å². The number of rotatable bonds is 7. The van der Waals surface area contributed by atoms with Gasteiger partial charge in [-0.1, -0.05) is 37.3 Å². The Morgan fingerprint density at radius 2 is 1.75 bits per heavy atom. The van der Waals surface area contributed by atoms with Gasteiger partial charge in [-0.3, -0.25) is 4.79 Å². The number of hydrogen-bond donors (Lipinski definition) is 1. The highest BCUT2D eigenvalue weighted by atomic mass is 16.5. The third kappa shape index (κ3) is 4.51. The number of ether oxygens (including phenoxy) is 2. The molecule has 0 fully saturated rings. The molecule has 0 aliphatic rings. The molecule has 128 valence electrons. The molecule has 0 saturated heterocycles. The van der Waals surface area contributed by atoms with E-state index in [9.17, 15) is 4.79 Å². The van der Waals surface area contributed by atoms with Crippen molar-refractivity contribution in [2.24, 2.45) is 0 Å². The van der Waals surface area contributed by atoms with Gasteiger partial charge in [0.2, 0.25) is 0 Å². The molecular formula is C20H25NO3. The van der Waals surface area contributed by atoms with Gasteiger partial charge in [0.05, 0.1) is 13.2 Å². The van der Waals surface area contributed by atoms with Gasteiger partial charge in [-0.15, -0.1) is 0 Å². The first kappa shape index (κ1) is 17.9. The zero-order chi connectivity index (χ0) is 17.5. The van der Waals surface area contributed by atoms with Crippen molar-refractivity contribution in [1.29, 1.82) is 0 Å². The number of nitrogens with one attached hydrogen (secondary N) is 1. The summed E-state index contributed by atoms with van der Waals surface area (Å²) in [4.78, 5) is 12.4. The number of hydrogen-bond acceptors (Lipinski definition) is 3. The fraction of sp³-hybridized carbons (Fsp3) is 0.350. The zero-order valence-corrected chi connectivity index (χ0v) is 14.7. The molecule has 0 aliphatic carbocycles. The predicted octanol–water partition coefficient (Wildman–Crippen LogP) is 3.90. The summed E-state index contributed by atoms with van der Waals surface area (Å²) in [5.74, 6) is 1.43. The maximum atomic E-state index is 12.4. The van der Waals surface area contributed by atoms with Crippen molar-refractivity contribution >= 4 is 5.91 Å². The van der Waals surface area contributed by atoms with Gasteiger partial charge in [-0.05, 0) is 49.6 Å². The van der Waals surface area contributed by atoms with Crippen LogP contribution in [0.2, 0.25) is 0 Å². The van der Waals surface area contributed by atoms with E-state index in [1.165, 1.54) is 0 Å². The lowest BCUT2D eigenvalue weighted by molar-refractivity contribution is -0.127. The number of amides is 1. The molecule has 2 rings (SSSR count). The Labute approximate surface area is 143 Å². The smallest absolute Gasteiger partial charge is 0.261 e. The van der Waals surface area contributed by atoms with Gasteiger partial charge in [0.1, 0.15) is 11.5 Å². The first-order valence-corrected chi connectivity index (χ1v) is 8.24. The van der Waals surface area contributed by atoms with Crippen LogP contribution in [0.4, 0.5) is 0 Å². The number of aryl methyl sites for hydroxylation is 1. The van der Waals surface area contributed by atoms with Gasteiger partial charge in [0.25, 0.3) is 5.91 Å². The summed E-state index contributed by atoms with van der Waals surface area (Å²) in [5, 5.41) is 2.99. The van der Waals surface area contributed by atoms with Crippen LogP contribution in [-0.4, -0.2) is 19.1 Å². The quantitative estimate of drug-likeness (QED) is 0.839. The second-order valence-electron chi connectivity index (χ2n) is 5.72. The van der Waals surface area contributed by atoms with E-state index in [0.29, 0.717) is 0 Å². The van der Waals surface area contributed by atoms with Crippen LogP contribution in [0.3, 0.4) is 0 Å². The molecule has 2 unspecified atom stereocenters. The Bertz CT molecular complexity index is 667. The van der Waals surface area contributed by atoms with Crippen LogP contribution >= 0.6 is 0 Å². The summed E-state index contributed by atoms with van der Waals surface area (Å²) in [7, 11) is 1.63. The van der Waals surface area contributed by atoms with Crippen LogP contribution in [0.1, 0.15) is 37.9 Å². The predicted molar refractivity (Wildman–Crippen MR) is 95.5 cm³/mol. The third-order valence-electron chi connectivity index (χ3n) is 4.00. The van der Waals surface area contributed by atoms with Crippen molar-refractivity contribution in [2.45, 2.75) is 39.3 Å². The van der Waals surface area contributed by atoms with Crippen molar-refractivity contribution in [1.82, 2.24) is 5.32 Å². The van der Waals surface area contributed by atoms with Gasteiger partial charge in [-0.2, -0.15) is 0 Å². The van der Waals surface area contributed by atoms with Crippen molar-refractivity contribution in [3.05, 3.63) is 59.7 Å². The summed E-state index contributed by atoms with van der Waals surface area (Å²) in [6.07, 6.45) is 0.311. The van der Waals surface area contributed by atoms with E-state index in [-0.39, 0.29) is 11.9 Å². The van der Waals surface area contributed by atoms with Crippen LogP contribution in [0.25, 0.3) is 0 Å². The van der Waals surface area contributed by atoms with Crippen LogP contribution < -0.4 is 14.8 Å². The molecule has 2 aromatic rings. The fourth-order valence-corrected chi connectivity index (χ4v) is 2.46. The van der Waals surface area contributed by atoms with Gasteiger partial charge in [0.15, 0.2) is 6.10 Å². The normalized spacial score (nSPS) is 13.0. The Hall–Kier alpha value is -2.49. The highest BCUT2D eigenvalue weighted by Gasteiger charge is 2.18. The molecule has 0 aromatic heterocycles. The van der Waals surface area contributed by atoms with Crippen molar-refractivity contribution in [3.63, 3.8) is 0 Å². The minimum atomic E-state index is -0.557. The molecule has 4 heteroatoms. The van der Waals surface area contributed by atoms with Gasteiger partial charge >= 0.3 is 0 Å². The first-order chi connectivity index (χ1) is 11.5. The van der Waals surface area contributed by atoms with E-state index in [4.69, 9.17) is 9.47 Å². The Kier molecular flexibility index (Phi) is 6.24. The summed E-state index contributed by atoms with van der Waals surface area (Å²) >= 11 is 0. The first-order valence-electron chi connectivity index (χ1n) is 8.24. The van der Waals surface area contributed by atoms with Crippen molar-refractivity contribution in [3.8, 4) is 11.5 Å². The second kappa shape index (κ2) is 8.39. The minimum Gasteiger partial charge on any atom is -0.497 e. The Balaban J connectivity index is 1.97. The van der Waals surface area contributed by atoms with E-state index in [2.05, 4.69) is 12.2 Å². The molecule has 0 saturated carbocycles. The summed E-state index contributed by atoms with van der Waals surface area (Å²) in [5.41, 5.74) is 2.12. The number of methoxy groups -OCH3 is 1. The van der Waals surface area contributed by atoms with Gasteiger partial charge in [0, 0.05) is 0 Å². The van der Waals surface area contributed by atoms with E-state index >= 15 is 0 Å².